The number of benzene rings is 2. The predicted molar refractivity (Wildman–Crippen MR) is 107 cm³/mol. The number of carbonyl (C=O) groups excluding carboxylic acids is 2. The second-order valence-electron chi connectivity index (χ2n) is 5.21. The van der Waals surface area contributed by atoms with E-state index in [9.17, 15) is 9.59 Å². The van der Waals surface area contributed by atoms with E-state index in [-0.39, 0.29) is 9.88 Å². The zero-order chi connectivity index (χ0) is 18.7. The number of carbonyl (C=O) groups is 2. The molecule has 2 aromatic carbocycles. The Bertz CT molecular complexity index is 913. The maximum atomic E-state index is 12.6. The summed E-state index contributed by atoms with van der Waals surface area (Å²) in [5.41, 5.74) is 3.60. The van der Waals surface area contributed by atoms with Crippen LogP contribution in [0.25, 0.3) is 6.08 Å². The monoisotopic (exact) mass is 404 g/mol. The molecule has 0 spiro atoms. The van der Waals surface area contributed by atoms with Crippen LogP contribution in [0.4, 0.5) is 0 Å². The summed E-state index contributed by atoms with van der Waals surface area (Å²) in [7, 11) is 1.59. The van der Waals surface area contributed by atoms with Crippen molar-refractivity contribution < 1.29 is 14.3 Å². The molecule has 132 valence electrons. The fourth-order valence-electron chi connectivity index (χ4n) is 2.22. The molecule has 1 fully saturated rings. The lowest BCUT2D eigenvalue weighted by Gasteiger charge is -2.16. The predicted octanol–water partition coefficient (Wildman–Crippen LogP) is 3.89. The SMILES string of the molecule is COc1ccc(C=C2SC(=S)N(NC(=O)c3ccccc3Cl)C2=O)cc1. The number of thiocarbonyl (C=S) groups is 1. The molecular formula is C18H13ClN2O3S2. The molecule has 1 saturated heterocycles. The average Bonchev–Trinajstić information content (AvgIpc) is 2.90. The number of hydrogen-bond acceptors (Lipinski definition) is 5. The fourth-order valence-corrected chi connectivity index (χ4v) is 3.62. The van der Waals surface area contributed by atoms with E-state index in [1.54, 1.807) is 49.6 Å². The number of hydrazine groups is 1. The Hall–Kier alpha value is -2.35. The van der Waals surface area contributed by atoms with Gasteiger partial charge in [-0.3, -0.25) is 15.0 Å². The number of hydrogen-bond donors (Lipinski definition) is 1. The van der Waals surface area contributed by atoms with Gasteiger partial charge in [-0.2, -0.15) is 5.01 Å². The number of thioether (sulfide) groups is 1. The minimum atomic E-state index is -0.502. The van der Waals surface area contributed by atoms with Gasteiger partial charge in [-0.05, 0) is 48.1 Å². The molecular weight excluding hydrogens is 392 g/mol. The number of methoxy groups -OCH3 is 1. The highest BCUT2D eigenvalue weighted by atomic mass is 35.5. The van der Waals surface area contributed by atoms with Crippen LogP contribution in [0.3, 0.4) is 0 Å². The van der Waals surface area contributed by atoms with Crippen LogP contribution < -0.4 is 10.2 Å². The normalized spacial score (nSPS) is 15.5. The van der Waals surface area contributed by atoms with Crippen molar-refractivity contribution in [3.63, 3.8) is 0 Å². The van der Waals surface area contributed by atoms with E-state index in [1.165, 1.54) is 0 Å². The Kier molecular flexibility index (Phi) is 5.61. The van der Waals surface area contributed by atoms with E-state index in [0.717, 1.165) is 28.1 Å². The Morgan fingerprint density at radius 3 is 2.58 bits per heavy atom. The van der Waals surface area contributed by atoms with Gasteiger partial charge >= 0.3 is 0 Å². The summed E-state index contributed by atoms with van der Waals surface area (Å²) in [4.78, 5) is 25.3. The molecule has 5 nitrogen and oxygen atoms in total. The van der Waals surface area contributed by atoms with Gasteiger partial charge in [0, 0.05) is 0 Å². The standard InChI is InChI=1S/C18H13ClN2O3S2/c1-24-12-8-6-11(7-9-12)10-15-17(23)21(18(25)26-15)20-16(22)13-4-2-3-5-14(13)19/h2-10H,1H3,(H,20,22). The number of halogens is 1. The molecule has 1 aliphatic heterocycles. The highest BCUT2D eigenvalue weighted by molar-refractivity contribution is 8.26. The molecule has 0 radical (unpaired) electrons. The summed E-state index contributed by atoms with van der Waals surface area (Å²) in [6.07, 6.45) is 1.71. The summed E-state index contributed by atoms with van der Waals surface area (Å²) in [5.74, 6) is -0.171. The highest BCUT2D eigenvalue weighted by Crippen LogP contribution is 2.32. The summed E-state index contributed by atoms with van der Waals surface area (Å²) in [6, 6.07) is 13.8. The zero-order valence-corrected chi connectivity index (χ0v) is 16.0. The number of rotatable bonds is 4. The van der Waals surface area contributed by atoms with E-state index in [2.05, 4.69) is 5.43 Å². The second-order valence-corrected chi connectivity index (χ2v) is 7.29. The molecule has 26 heavy (non-hydrogen) atoms. The third kappa shape index (κ3) is 3.90. The van der Waals surface area contributed by atoms with E-state index >= 15 is 0 Å². The number of nitrogens with one attached hydrogen (secondary N) is 1. The van der Waals surface area contributed by atoms with Gasteiger partial charge in [0.1, 0.15) is 5.75 Å². The van der Waals surface area contributed by atoms with Gasteiger partial charge in [0.05, 0.1) is 22.6 Å². The number of ether oxygens (including phenoxy) is 1. The molecule has 0 bridgehead atoms. The average molecular weight is 405 g/mol. The van der Waals surface area contributed by atoms with E-state index < -0.39 is 11.8 Å². The van der Waals surface area contributed by atoms with E-state index in [1.807, 2.05) is 12.1 Å². The lowest BCUT2D eigenvalue weighted by Crippen LogP contribution is -2.44. The summed E-state index contributed by atoms with van der Waals surface area (Å²) < 4.78 is 5.36. The Labute approximate surface area is 164 Å². The van der Waals surface area contributed by atoms with Crippen LogP contribution in [0.15, 0.2) is 53.4 Å². The summed E-state index contributed by atoms with van der Waals surface area (Å²) in [6.45, 7) is 0. The molecule has 1 heterocycles. The molecule has 0 unspecified atom stereocenters. The molecule has 8 heteroatoms. The molecule has 2 aromatic rings. The van der Waals surface area contributed by atoms with Gasteiger partial charge in [0.15, 0.2) is 4.32 Å². The van der Waals surface area contributed by atoms with Crippen LogP contribution in [-0.4, -0.2) is 28.3 Å². The van der Waals surface area contributed by atoms with Crippen molar-refractivity contribution in [2.24, 2.45) is 0 Å². The lowest BCUT2D eigenvalue weighted by molar-refractivity contribution is -0.123. The molecule has 2 amide bonds. The molecule has 0 aliphatic carbocycles. The lowest BCUT2D eigenvalue weighted by atomic mass is 10.2. The van der Waals surface area contributed by atoms with Crippen molar-refractivity contribution in [1.82, 2.24) is 10.4 Å². The molecule has 1 aliphatic rings. The van der Waals surface area contributed by atoms with E-state index in [0.29, 0.717) is 9.93 Å². The molecule has 0 atom stereocenters. The Morgan fingerprint density at radius 2 is 1.92 bits per heavy atom. The van der Waals surface area contributed by atoms with Crippen LogP contribution in [0.2, 0.25) is 5.02 Å². The molecule has 1 N–H and O–H groups in total. The van der Waals surface area contributed by atoms with Crippen LogP contribution in [-0.2, 0) is 4.79 Å². The summed E-state index contributed by atoms with van der Waals surface area (Å²) in [5, 5.41) is 1.35. The fraction of sp³-hybridized carbons (Fsp3) is 0.0556. The second kappa shape index (κ2) is 7.90. The van der Waals surface area contributed by atoms with Crippen LogP contribution >= 0.6 is 35.6 Å². The van der Waals surface area contributed by atoms with Crippen molar-refractivity contribution >= 4 is 57.8 Å². The van der Waals surface area contributed by atoms with Crippen molar-refractivity contribution in [1.29, 1.82) is 0 Å². The van der Waals surface area contributed by atoms with Gasteiger partial charge < -0.3 is 4.74 Å². The molecule has 0 saturated carbocycles. The summed E-state index contributed by atoms with van der Waals surface area (Å²) >= 11 is 12.3. The number of nitrogens with zero attached hydrogens (tertiary/aromatic N) is 1. The third-order valence-corrected chi connectivity index (χ3v) is 5.17. The first kappa shape index (κ1) is 18.4. The van der Waals surface area contributed by atoms with E-state index in [4.69, 9.17) is 28.6 Å². The first-order valence-corrected chi connectivity index (χ1v) is 9.07. The third-order valence-electron chi connectivity index (χ3n) is 3.54. The topological polar surface area (TPSA) is 58.6 Å². The van der Waals surface area contributed by atoms with Crippen LogP contribution in [0.1, 0.15) is 15.9 Å². The Balaban J connectivity index is 1.77. The van der Waals surface area contributed by atoms with Gasteiger partial charge in [-0.1, -0.05) is 47.6 Å². The number of amides is 2. The van der Waals surface area contributed by atoms with Gasteiger partial charge in [0.2, 0.25) is 0 Å². The van der Waals surface area contributed by atoms with Gasteiger partial charge in [-0.15, -0.1) is 0 Å². The zero-order valence-electron chi connectivity index (χ0n) is 13.6. The van der Waals surface area contributed by atoms with Gasteiger partial charge in [-0.25, -0.2) is 0 Å². The smallest absolute Gasteiger partial charge is 0.285 e. The first-order chi connectivity index (χ1) is 12.5. The van der Waals surface area contributed by atoms with Crippen molar-refractivity contribution in [3.05, 3.63) is 69.6 Å². The minimum Gasteiger partial charge on any atom is -0.497 e. The minimum absolute atomic E-state index is 0.246. The molecule has 3 rings (SSSR count). The van der Waals surface area contributed by atoms with Gasteiger partial charge in [0.25, 0.3) is 11.8 Å². The quantitative estimate of drug-likeness (QED) is 0.618. The maximum absolute atomic E-state index is 12.6. The van der Waals surface area contributed by atoms with Crippen molar-refractivity contribution in [2.75, 3.05) is 7.11 Å². The van der Waals surface area contributed by atoms with Crippen LogP contribution in [0.5, 0.6) is 5.75 Å². The van der Waals surface area contributed by atoms with Crippen molar-refractivity contribution in [2.45, 2.75) is 0 Å². The maximum Gasteiger partial charge on any atom is 0.285 e. The molecule has 0 aromatic heterocycles. The Morgan fingerprint density at radius 1 is 1.23 bits per heavy atom. The highest BCUT2D eigenvalue weighted by Gasteiger charge is 2.34. The first-order valence-electron chi connectivity index (χ1n) is 7.47. The van der Waals surface area contributed by atoms with Crippen LogP contribution in [0, 0.1) is 0 Å². The largest absolute Gasteiger partial charge is 0.497 e. The van der Waals surface area contributed by atoms with Crippen molar-refractivity contribution in [3.8, 4) is 5.75 Å².